The van der Waals surface area contributed by atoms with Crippen molar-refractivity contribution in [1.82, 2.24) is 9.97 Å². The van der Waals surface area contributed by atoms with Gasteiger partial charge in [0, 0.05) is 17.8 Å². The normalized spacial score (nSPS) is 10.8. The summed E-state index contributed by atoms with van der Waals surface area (Å²) >= 11 is 0. The van der Waals surface area contributed by atoms with Gasteiger partial charge in [-0.1, -0.05) is 20.8 Å². The Morgan fingerprint density at radius 2 is 2.12 bits per heavy atom. The molecule has 0 saturated carbocycles. The number of aryl methyl sites for hydroxylation is 1. The van der Waals surface area contributed by atoms with Crippen molar-refractivity contribution in [2.45, 2.75) is 40.5 Å². The van der Waals surface area contributed by atoms with Crippen LogP contribution in [0.1, 0.15) is 38.4 Å². The number of anilines is 1. The molecule has 0 atom stereocenters. The Labute approximate surface area is 96.5 Å². The Balaban J connectivity index is 2.72. The van der Waals surface area contributed by atoms with Gasteiger partial charge in [-0.05, 0) is 25.7 Å². The van der Waals surface area contributed by atoms with Gasteiger partial charge in [-0.25, -0.2) is 4.98 Å². The van der Waals surface area contributed by atoms with Gasteiger partial charge in [0.2, 0.25) is 5.95 Å². The second-order valence-electron chi connectivity index (χ2n) is 4.44. The predicted molar refractivity (Wildman–Crippen MR) is 66.9 cm³/mol. The summed E-state index contributed by atoms with van der Waals surface area (Å²) in [6.07, 6.45) is 1.79. The molecule has 0 bridgehead atoms. The quantitative estimate of drug-likeness (QED) is 0.803. The van der Waals surface area contributed by atoms with Gasteiger partial charge < -0.3 is 5.32 Å². The van der Waals surface area contributed by atoms with E-state index in [2.05, 4.69) is 29.1 Å². The topological polar surface area (TPSA) is 57.8 Å². The van der Waals surface area contributed by atoms with Crippen LogP contribution in [0, 0.1) is 12.8 Å². The summed E-state index contributed by atoms with van der Waals surface area (Å²) in [6.45, 7) is 9.02. The van der Waals surface area contributed by atoms with Crippen molar-refractivity contribution < 1.29 is 0 Å². The van der Waals surface area contributed by atoms with E-state index in [0.29, 0.717) is 11.9 Å². The molecule has 0 aliphatic carbocycles. The zero-order chi connectivity index (χ0) is 12.1. The van der Waals surface area contributed by atoms with E-state index in [1.54, 1.807) is 0 Å². The monoisotopic (exact) mass is 223 g/mol. The molecule has 0 aromatic carbocycles. The average Bonchev–Trinajstić information content (AvgIpc) is 2.16. The van der Waals surface area contributed by atoms with Gasteiger partial charge in [-0.2, -0.15) is 0 Å². The van der Waals surface area contributed by atoms with Crippen LogP contribution in [0.15, 0.2) is 4.79 Å². The minimum absolute atomic E-state index is 0.0259. The standard InChI is InChI=1S/C12H21N3O/c1-5-10-9(4)14-12(15-11(10)16)13-7-6-8(2)3/h8H,5-7H2,1-4H3,(H2,13,14,15,16). The highest BCUT2D eigenvalue weighted by atomic mass is 16.1. The van der Waals surface area contributed by atoms with Crippen molar-refractivity contribution in [2.75, 3.05) is 11.9 Å². The van der Waals surface area contributed by atoms with Gasteiger partial charge in [0.1, 0.15) is 0 Å². The number of aromatic nitrogens is 2. The first kappa shape index (κ1) is 12.7. The molecule has 0 spiro atoms. The zero-order valence-electron chi connectivity index (χ0n) is 10.6. The molecule has 0 aliphatic rings. The number of hydrogen-bond donors (Lipinski definition) is 2. The molecule has 1 aromatic rings. The average molecular weight is 223 g/mol. The van der Waals surface area contributed by atoms with Crippen LogP contribution in [-0.4, -0.2) is 16.5 Å². The summed E-state index contributed by atoms with van der Waals surface area (Å²) in [4.78, 5) is 18.8. The first-order valence-corrected chi connectivity index (χ1v) is 5.88. The second kappa shape index (κ2) is 5.68. The van der Waals surface area contributed by atoms with E-state index in [0.717, 1.165) is 30.6 Å². The Morgan fingerprint density at radius 1 is 1.44 bits per heavy atom. The van der Waals surface area contributed by atoms with Crippen LogP contribution in [0.25, 0.3) is 0 Å². The largest absolute Gasteiger partial charge is 0.356 e. The third-order valence-corrected chi connectivity index (χ3v) is 2.59. The van der Waals surface area contributed by atoms with Gasteiger partial charge in [0.25, 0.3) is 5.56 Å². The molecule has 0 aliphatic heterocycles. The summed E-state index contributed by atoms with van der Waals surface area (Å²) in [5, 5.41) is 3.14. The summed E-state index contributed by atoms with van der Waals surface area (Å²) < 4.78 is 0. The molecular weight excluding hydrogens is 202 g/mol. The highest BCUT2D eigenvalue weighted by Crippen LogP contribution is 2.04. The minimum Gasteiger partial charge on any atom is -0.356 e. The highest BCUT2D eigenvalue weighted by molar-refractivity contribution is 5.29. The lowest BCUT2D eigenvalue weighted by atomic mass is 10.1. The maximum atomic E-state index is 11.7. The van der Waals surface area contributed by atoms with Gasteiger partial charge in [0.15, 0.2) is 0 Å². The van der Waals surface area contributed by atoms with Gasteiger partial charge in [-0.15, -0.1) is 0 Å². The number of nitrogens with zero attached hydrogens (tertiary/aromatic N) is 1. The van der Waals surface area contributed by atoms with Crippen molar-refractivity contribution in [3.63, 3.8) is 0 Å². The Hall–Kier alpha value is -1.32. The number of aromatic amines is 1. The van der Waals surface area contributed by atoms with Crippen LogP contribution in [0.2, 0.25) is 0 Å². The fourth-order valence-electron chi connectivity index (χ4n) is 1.59. The van der Waals surface area contributed by atoms with E-state index in [4.69, 9.17) is 0 Å². The molecule has 0 fully saturated rings. The van der Waals surface area contributed by atoms with E-state index in [-0.39, 0.29) is 5.56 Å². The molecule has 4 nitrogen and oxygen atoms in total. The molecule has 16 heavy (non-hydrogen) atoms. The third-order valence-electron chi connectivity index (χ3n) is 2.59. The summed E-state index contributed by atoms with van der Waals surface area (Å²) in [5.41, 5.74) is 1.56. The summed E-state index contributed by atoms with van der Waals surface area (Å²) in [5.74, 6) is 1.23. The maximum Gasteiger partial charge on any atom is 0.255 e. The molecule has 1 rings (SSSR count). The molecule has 0 saturated heterocycles. The second-order valence-corrected chi connectivity index (χ2v) is 4.44. The molecule has 90 valence electrons. The van der Waals surface area contributed by atoms with E-state index >= 15 is 0 Å². The molecule has 2 N–H and O–H groups in total. The van der Waals surface area contributed by atoms with Crippen LogP contribution in [0.5, 0.6) is 0 Å². The summed E-state index contributed by atoms with van der Waals surface area (Å²) in [6, 6.07) is 0. The van der Waals surface area contributed by atoms with Crippen LogP contribution < -0.4 is 10.9 Å². The Kier molecular flexibility index (Phi) is 4.52. The third kappa shape index (κ3) is 3.36. The van der Waals surface area contributed by atoms with E-state index in [1.807, 2.05) is 13.8 Å². The van der Waals surface area contributed by atoms with E-state index in [1.165, 1.54) is 0 Å². The van der Waals surface area contributed by atoms with Crippen molar-refractivity contribution in [3.05, 3.63) is 21.6 Å². The van der Waals surface area contributed by atoms with Crippen molar-refractivity contribution in [2.24, 2.45) is 5.92 Å². The highest BCUT2D eigenvalue weighted by Gasteiger charge is 2.05. The van der Waals surface area contributed by atoms with Crippen LogP contribution >= 0.6 is 0 Å². The number of nitrogens with one attached hydrogen (secondary N) is 2. The molecule has 1 heterocycles. The first-order valence-electron chi connectivity index (χ1n) is 5.88. The van der Waals surface area contributed by atoms with Crippen LogP contribution in [0.3, 0.4) is 0 Å². The minimum atomic E-state index is -0.0259. The lowest BCUT2D eigenvalue weighted by molar-refractivity contribution is 0.605. The summed E-state index contributed by atoms with van der Waals surface area (Å²) in [7, 11) is 0. The molecule has 4 heteroatoms. The number of hydrogen-bond acceptors (Lipinski definition) is 3. The van der Waals surface area contributed by atoms with Gasteiger partial charge >= 0.3 is 0 Å². The number of H-pyrrole nitrogens is 1. The molecule has 0 amide bonds. The van der Waals surface area contributed by atoms with Gasteiger partial charge in [-0.3, -0.25) is 9.78 Å². The smallest absolute Gasteiger partial charge is 0.255 e. The molecule has 0 unspecified atom stereocenters. The Bertz CT molecular complexity index is 396. The Morgan fingerprint density at radius 3 is 2.62 bits per heavy atom. The molecule has 0 radical (unpaired) electrons. The van der Waals surface area contributed by atoms with E-state index < -0.39 is 0 Å². The predicted octanol–water partition coefficient (Wildman–Crippen LogP) is 2.10. The fraction of sp³-hybridized carbons (Fsp3) is 0.667. The van der Waals surface area contributed by atoms with Crippen molar-refractivity contribution in [3.8, 4) is 0 Å². The van der Waals surface area contributed by atoms with Crippen LogP contribution in [-0.2, 0) is 6.42 Å². The lowest BCUT2D eigenvalue weighted by Crippen LogP contribution is -2.19. The van der Waals surface area contributed by atoms with E-state index in [9.17, 15) is 4.79 Å². The maximum absolute atomic E-state index is 11.7. The van der Waals surface area contributed by atoms with Gasteiger partial charge in [0.05, 0.1) is 0 Å². The van der Waals surface area contributed by atoms with Crippen molar-refractivity contribution >= 4 is 5.95 Å². The SMILES string of the molecule is CCc1c(C)nc(NCCC(C)C)[nH]c1=O. The van der Waals surface area contributed by atoms with Crippen LogP contribution in [0.4, 0.5) is 5.95 Å². The van der Waals surface area contributed by atoms with Crippen molar-refractivity contribution in [1.29, 1.82) is 0 Å². The fourth-order valence-corrected chi connectivity index (χ4v) is 1.59. The first-order chi connectivity index (χ1) is 7.54. The zero-order valence-corrected chi connectivity index (χ0v) is 10.6. The number of rotatable bonds is 5. The molecular formula is C12H21N3O. The lowest BCUT2D eigenvalue weighted by Gasteiger charge is -2.09. The molecule has 1 aromatic heterocycles.